The molecule has 1 amide bonds. The molecule has 0 aliphatic rings. The summed E-state index contributed by atoms with van der Waals surface area (Å²) in [5.74, 6) is 1.11. The van der Waals surface area contributed by atoms with Gasteiger partial charge < -0.3 is 9.47 Å². The van der Waals surface area contributed by atoms with Crippen molar-refractivity contribution in [1.82, 2.24) is 14.5 Å². The lowest BCUT2D eigenvalue weighted by molar-refractivity contribution is 0.0739. The minimum Gasteiger partial charge on any atom is -0.330 e. The molecule has 2 heterocycles. The van der Waals surface area contributed by atoms with Gasteiger partial charge in [0.15, 0.2) is 0 Å². The summed E-state index contributed by atoms with van der Waals surface area (Å²) < 4.78 is 2.30. The highest BCUT2D eigenvalue weighted by atomic mass is 32.1. The smallest absolute Gasteiger partial charge is 0.264 e. The van der Waals surface area contributed by atoms with Crippen LogP contribution in [0.4, 0.5) is 0 Å². The van der Waals surface area contributed by atoms with E-state index in [9.17, 15) is 4.79 Å². The minimum absolute atomic E-state index is 0.121. The van der Waals surface area contributed by atoms with Crippen molar-refractivity contribution in [3.63, 3.8) is 0 Å². The maximum Gasteiger partial charge on any atom is 0.264 e. The summed E-state index contributed by atoms with van der Waals surface area (Å²) in [6, 6.07) is 12.2. The van der Waals surface area contributed by atoms with E-state index in [1.165, 1.54) is 4.88 Å². The fourth-order valence-corrected chi connectivity index (χ4v) is 4.12. The predicted molar refractivity (Wildman–Crippen MR) is 113 cm³/mol. The van der Waals surface area contributed by atoms with Crippen LogP contribution >= 0.6 is 11.3 Å². The Morgan fingerprint density at radius 1 is 1.11 bits per heavy atom. The van der Waals surface area contributed by atoms with Gasteiger partial charge in [-0.25, -0.2) is 4.98 Å². The Kier molecular flexibility index (Phi) is 6.67. The van der Waals surface area contributed by atoms with E-state index in [0.29, 0.717) is 6.54 Å². The quantitative estimate of drug-likeness (QED) is 0.479. The van der Waals surface area contributed by atoms with Gasteiger partial charge in [0.2, 0.25) is 0 Å². The van der Waals surface area contributed by atoms with Gasteiger partial charge in [0.1, 0.15) is 5.82 Å². The number of aromatic nitrogens is 2. The van der Waals surface area contributed by atoms with Gasteiger partial charge in [0.05, 0.1) is 22.5 Å². The summed E-state index contributed by atoms with van der Waals surface area (Å²) >= 11 is 1.57. The number of para-hydroxylation sites is 2. The number of carbonyl (C=O) groups is 1. The molecule has 0 unspecified atom stereocenters. The van der Waals surface area contributed by atoms with Gasteiger partial charge in [-0.3, -0.25) is 4.79 Å². The zero-order chi connectivity index (χ0) is 19.2. The molecule has 1 aromatic carbocycles. The second kappa shape index (κ2) is 9.18. The summed E-state index contributed by atoms with van der Waals surface area (Å²) in [5.41, 5.74) is 2.18. The number of aryl methyl sites for hydroxylation is 2. The zero-order valence-corrected chi connectivity index (χ0v) is 17.4. The average Bonchev–Trinajstić information content (AvgIpc) is 3.26. The van der Waals surface area contributed by atoms with Crippen molar-refractivity contribution in [2.24, 2.45) is 0 Å². The third-order valence-electron chi connectivity index (χ3n) is 4.82. The SMILES string of the molecule is CCCCN(Cc1nc2ccccc2n1CCCC)C(=O)c1ccc(C)s1. The van der Waals surface area contributed by atoms with Gasteiger partial charge >= 0.3 is 0 Å². The van der Waals surface area contributed by atoms with Crippen LogP contribution in [0.3, 0.4) is 0 Å². The van der Waals surface area contributed by atoms with Gasteiger partial charge in [-0.2, -0.15) is 0 Å². The molecule has 0 aliphatic heterocycles. The highest BCUT2D eigenvalue weighted by molar-refractivity contribution is 7.13. The topological polar surface area (TPSA) is 38.1 Å². The largest absolute Gasteiger partial charge is 0.330 e. The van der Waals surface area contributed by atoms with Crippen LogP contribution in [-0.2, 0) is 13.1 Å². The minimum atomic E-state index is 0.121. The molecule has 0 fully saturated rings. The molecule has 27 heavy (non-hydrogen) atoms. The van der Waals surface area contributed by atoms with Gasteiger partial charge in [-0.1, -0.05) is 38.8 Å². The van der Waals surface area contributed by atoms with E-state index in [-0.39, 0.29) is 5.91 Å². The second-order valence-electron chi connectivity index (χ2n) is 7.01. The first-order valence-corrected chi connectivity index (χ1v) is 10.8. The fourth-order valence-electron chi connectivity index (χ4n) is 3.29. The van der Waals surface area contributed by atoms with Crippen LogP contribution in [0.15, 0.2) is 36.4 Å². The van der Waals surface area contributed by atoms with Gasteiger partial charge in [-0.15, -0.1) is 11.3 Å². The van der Waals surface area contributed by atoms with E-state index in [4.69, 9.17) is 4.98 Å². The summed E-state index contributed by atoms with van der Waals surface area (Å²) in [6.45, 7) is 8.68. The summed E-state index contributed by atoms with van der Waals surface area (Å²) in [7, 11) is 0. The molecule has 144 valence electrons. The molecule has 0 atom stereocenters. The first-order valence-electron chi connectivity index (χ1n) is 9.93. The van der Waals surface area contributed by atoms with E-state index >= 15 is 0 Å². The summed E-state index contributed by atoms with van der Waals surface area (Å²) in [6.07, 6.45) is 4.32. The van der Waals surface area contributed by atoms with Crippen LogP contribution in [0.1, 0.15) is 59.9 Å². The molecular weight excluding hydrogens is 354 g/mol. The number of thiophene rings is 1. The molecule has 3 aromatic rings. The molecule has 5 heteroatoms. The molecule has 3 rings (SSSR count). The molecule has 4 nitrogen and oxygen atoms in total. The number of amides is 1. The number of rotatable bonds is 9. The number of hydrogen-bond acceptors (Lipinski definition) is 3. The maximum atomic E-state index is 13.1. The van der Waals surface area contributed by atoms with Crippen molar-refractivity contribution in [3.05, 3.63) is 52.0 Å². The number of unbranched alkanes of at least 4 members (excludes halogenated alkanes) is 2. The van der Waals surface area contributed by atoms with Crippen LogP contribution in [0.5, 0.6) is 0 Å². The highest BCUT2D eigenvalue weighted by Crippen LogP contribution is 2.22. The number of carbonyl (C=O) groups excluding carboxylic acids is 1. The normalized spacial score (nSPS) is 11.2. The maximum absolute atomic E-state index is 13.1. The number of fused-ring (bicyclic) bond motifs is 1. The Hall–Kier alpha value is -2.14. The van der Waals surface area contributed by atoms with Gasteiger partial charge in [0, 0.05) is 18.0 Å². The van der Waals surface area contributed by atoms with Crippen molar-refractivity contribution in [2.45, 2.75) is 59.5 Å². The first-order chi connectivity index (χ1) is 13.1. The van der Waals surface area contributed by atoms with Crippen molar-refractivity contribution in [2.75, 3.05) is 6.54 Å². The molecule has 0 aliphatic carbocycles. The highest BCUT2D eigenvalue weighted by Gasteiger charge is 2.20. The van der Waals surface area contributed by atoms with Crippen LogP contribution in [0.25, 0.3) is 11.0 Å². The Bertz CT molecular complexity index is 896. The third-order valence-corrected chi connectivity index (χ3v) is 5.81. The van der Waals surface area contributed by atoms with E-state index in [2.05, 4.69) is 36.6 Å². The van der Waals surface area contributed by atoms with Crippen LogP contribution in [-0.4, -0.2) is 26.9 Å². The van der Waals surface area contributed by atoms with Crippen LogP contribution in [0, 0.1) is 6.92 Å². The van der Waals surface area contributed by atoms with Crippen molar-refractivity contribution in [1.29, 1.82) is 0 Å². The Labute approximate surface area is 165 Å². The first kappa shape index (κ1) is 19.6. The van der Waals surface area contributed by atoms with E-state index in [1.54, 1.807) is 11.3 Å². The predicted octanol–water partition coefficient (Wildman–Crippen LogP) is 5.65. The van der Waals surface area contributed by atoms with Crippen molar-refractivity contribution in [3.8, 4) is 0 Å². The fraction of sp³-hybridized carbons (Fsp3) is 0.455. The van der Waals surface area contributed by atoms with Crippen molar-refractivity contribution >= 4 is 28.3 Å². The molecule has 0 spiro atoms. The number of imidazole rings is 1. The molecule has 0 radical (unpaired) electrons. The standard InChI is InChI=1S/C22H29N3OS/c1-4-6-14-24(22(26)20-13-12-17(3)27-20)16-21-23-18-10-8-9-11-19(18)25(21)15-7-5-2/h8-13H,4-7,14-16H2,1-3H3. The molecule has 0 bridgehead atoms. The zero-order valence-electron chi connectivity index (χ0n) is 16.6. The van der Waals surface area contributed by atoms with Gasteiger partial charge in [0.25, 0.3) is 5.91 Å². The lowest BCUT2D eigenvalue weighted by Gasteiger charge is -2.22. The average molecular weight is 384 g/mol. The Morgan fingerprint density at radius 3 is 2.59 bits per heavy atom. The van der Waals surface area contributed by atoms with Crippen LogP contribution in [0.2, 0.25) is 0 Å². The lowest BCUT2D eigenvalue weighted by Crippen LogP contribution is -2.32. The van der Waals surface area contributed by atoms with E-state index in [1.807, 2.05) is 30.0 Å². The second-order valence-corrected chi connectivity index (χ2v) is 8.30. The van der Waals surface area contributed by atoms with Gasteiger partial charge in [-0.05, 0) is 44.0 Å². The Balaban J connectivity index is 1.91. The number of benzene rings is 1. The molecule has 0 saturated heterocycles. The molecule has 0 saturated carbocycles. The number of nitrogens with zero attached hydrogens (tertiary/aromatic N) is 3. The summed E-state index contributed by atoms with van der Waals surface area (Å²) in [4.78, 5) is 21.9. The van der Waals surface area contributed by atoms with Crippen LogP contribution < -0.4 is 0 Å². The summed E-state index contributed by atoms with van der Waals surface area (Å²) in [5, 5.41) is 0. The molecular formula is C22H29N3OS. The monoisotopic (exact) mass is 383 g/mol. The van der Waals surface area contributed by atoms with Crippen molar-refractivity contribution < 1.29 is 4.79 Å². The lowest BCUT2D eigenvalue weighted by atomic mass is 10.2. The number of hydrogen-bond donors (Lipinski definition) is 0. The van der Waals surface area contributed by atoms with E-state index in [0.717, 1.165) is 60.5 Å². The Morgan fingerprint density at radius 2 is 1.89 bits per heavy atom. The third kappa shape index (κ3) is 4.59. The molecule has 0 N–H and O–H groups in total. The molecule has 2 aromatic heterocycles. The van der Waals surface area contributed by atoms with E-state index < -0.39 is 0 Å².